The topological polar surface area (TPSA) is 33.2 Å². The van der Waals surface area contributed by atoms with E-state index in [1.807, 2.05) is 29.2 Å². The van der Waals surface area contributed by atoms with E-state index >= 15 is 0 Å². The monoisotopic (exact) mass is 330 g/mol. The van der Waals surface area contributed by atoms with Crippen molar-refractivity contribution in [2.75, 3.05) is 11.4 Å². The highest BCUT2D eigenvalue weighted by Crippen LogP contribution is 2.27. The van der Waals surface area contributed by atoms with E-state index in [1.54, 1.807) is 12.3 Å². The van der Waals surface area contributed by atoms with E-state index in [9.17, 15) is 4.79 Å². The van der Waals surface area contributed by atoms with Crippen molar-refractivity contribution in [2.24, 2.45) is 0 Å². The van der Waals surface area contributed by atoms with E-state index in [0.29, 0.717) is 5.56 Å². The molecule has 0 aliphatic carbocycles. The Bertz CT molecular complexity index is 625. The molecular weight excluding hydrogens is 316 g/mol. The van der Waals surface area contributed by atoms with Gasteiger partial charge in [0.15, 0.2) is 0 Å². The van der Waals surface area contributed by atoms with Gasteiger partial charge in [0.25, 0.3) is 5.91 Å². The number of rotatable bonds is 1. The van der Waals surface area contributed by atoms with Gasteiger partial charge in [0.05, 0.1) is 5.56 Å². The predicted molar refractivity (Wildman–Crippen MR) is 83.0 cm³/mol. The van der Waals surface area contributed by atoms with E-state index in [-0.39, 0.29) is 5.91 Å². The van der Waals surface area contributed by atoms with Crippen LogP contribution in [0.2, 0.25) is 0 Å². The number of hydrogen-bond donors (Lipinski definition) is 0. The summed E-state index contributed by atoms with van der Waals surface area (Å²) < 4.78 is 0.741. The number of anilines is 1. The Morgan fingerprint density at radius 3 is 2.80 bits per heavy atom. The molecule has 0 fully saturated rings. The molecule has 1 aliphatic heterocycles. The summed E-state index contributed by atoms with van der Waals surface area (Å²) in [7, 11) is 0. The third-order valence-corrected chi connectivity index (χ3v) is 4.05. The zero-order valence-electron chi connectivity index (χ0n) is 11.1. The highest BCUT2D eigenvalue weighted by atomic mass is 79.9. The lowest BCUT2D eigenvalue weighted by Gasteiger charge is -2.22. The maximum atomic E-state index is 12.7. The lowest BCUT2D eigenvalue weighted by Crippen LogP contribution is -2.31. The van der Waals surface area contributed by atoms with Crippen molar-refractivity contribution in [1.82, 2.24) is 4.98 Å². The summed E-state index contributed by atoms with van der Waals surface area (Å²) in [5.41, 5.74) is 2.92. The van der Waals surface area contributed by atoms with Gasteiger partial charge in [-0.05, 0) is 59.0 Å². The Hall–Kier alpha value is -1.68. The fourth-order valence-corrected chi connectivity index (χ4v) is 2.80. The largest absolute Gasteiger partial charge is 0.308 e. The minimum absolute atomic E-state index is 0.0272. The summed E-state index contributed by atoms with van der Waals surface area (Å²) in [6.07, 6.45) is 4.82. The van der Waals surface area contributed by atoms with Crippen LogP contribution in [0.4, 0.5) is 5.69 Å². The molecule has 20 heavy (non-hydrogen) atoms. The van der Waals surface area contributed by atoms with Gasteiger partial charge in [-0.3, -0.25) is 4.79 Å². The van der Waals surface area contributed by atoms with Crippen LogP contribution in [0, 0.1) is 0 Å². The molecule has 2 aromatic rings. The molecule has 3 rings (SSSR count). The van der Waals surface area contributed by atoms with E-state index in [0.717, 1.165) is 36.1 Å². The van der Waals surface area contributed by atoms with Gasteiger partial charge >= 0.3 is 0 Å². The summed E-state index contributed by atoms with van der Waals surface area (Å²) in [6.45, 7) is 0.770. The highest BCUT2D eigenvalue weighted by Gasteiger charge is 2.22. The Balaban J connectivity index is 1.97. The van der Waals surface area contributed by atoms with Crippen LogP contribution >= 0.6 is 15.9 Å². The number of nitrogens with zero attached hydrogens (tertiary/aromatic N) is 2. The van der Waals surface area contributed by atoms with Gasteiger partial charge in [0.2, 0.25) is 0 Å². The maximum absolute atomic E-state index is 12.7. The smallest absolute Gasteiger partial charge is 0.259 e. The van der Waals surface area contributed by atoms with Crippen LogP contribution in [0.15, 0.2) is 47.2 Å². The Kier molecular flexibility index (Phi) is 3.83. The molecule has 102 valence electrons. The van der Waals surface area contributed by atoms with Crippen molar-refractivity contribution in [3.8, 4) is 0 Å². The average molecular weight is 331 g/mol. The molecule has 0 unspecified atom stereocenters. The first kappa shape index (κ1) is 13.3. The lowest BCUT2D eigenvalue weighted by atomic mass is 10.1. The fourth-order valence-electron chi connectivity index (χ4n) is 2.56. The fraction of sp³-hybridized carbons (Fsp3) is 0.250. The zero-order chi connectivity index (χ0) is 13.9. The van der Waals surface area contributed by atoms with E-state index in [1.165, 1.54) is 5.56 Å². The highest BCUT2D eigenvalue weighted by molar-refractivity contribution is 9.10. The van der Waals surface area contributed by atoms with Crippen molar-refractivity contribution in [1.29, 1.82) is 0 Å². The average Bonchev–Trinajstić information content (AvgIpc) is 2.69. The number of amides is 1. The lowest BCUT2D eigenvalue weighted by molar-refractivity contribution is 0.0986. The number of para-hydroxylation sites is 1. The summed E-state index contributed by atoms with van der Waals surface area (Å²) in [5.74, 6) is 0.0272. The summed E-state index contributed by atoms with van der Waals surface area (Å²) >= 11 is 3.29. The molecule has 0 N–H and O–H groups in total. The quantitative estimate of drug-likeness (QED) is 0.744. The second kappa shape index (κ2) is 5.75. The number of hydrogen-bond acceptors (Lipinski definition) is 2. The van der Waals surface area contributed by atoms with Crippen molar-refractivity contribution in [2.45, 2.75) is 19.3 Å². The molecule has 1 amide bonds. The summed E-state index contributed by atoms with van der Waals surface area (Å²) in [4.78, 5) is 18.7. The van der Waals surface area contributed by atoms with Crippen molar-refractivity contribution < 1.29 is 4.79 Å². The zero-order valence-corrected chi connectivity index (χ0v) is 12.6. The molecule has 4 heteroatoms. The van der Waals surface area contributed by atoms with Crippen LogP contribution in [0.5, 0.6) is 0 Å². The Morgan fingerprint density at radius 1 is 1.15 bits per heavy atom. The van der Waals surface area contributed by atoms with Gasteiger partial charge < -0.3 is 4.90 Å². The van der Waals surface area contributed by atoms with Crippen LogP contribution < -0.4 is 4.90 Å². The molecule has 3 nitrogen and oxygen atoms in total. The SMILES string of the molecule is O=C(c1ccc(Br)nc1)N1CCCCc2ccccc21. The third kappa shape index (κ3) is 2.61. The molecule has 2 heterocycles. The van der Waals surface area contributed by atoms with Gasteiger partial charge in [0, 0.05) is 18.4 Å². The number of aryl methyl sites for hydroxylation is 1. The third-order valence-electron chi connectivity index (χ3n) is 3.58. The van der Waals surface area contributed by atoms with Crippen LogP contribution in [-0.2, 0) is 6.42 Å². The van der Waals surface area contributed by atoms with Crippen LogP contribution in [-0.4, -0.2) is 17.4 Å². The number of carbonyl (C=O) groups is 1. The minimum atomic E-state index is 0.0272. The first-order valence-electron chi connectivity index (χ1n) is 6.77. The van der Waals surface area contributed by atoms with Gasteiger partial charge in [-0.15, -0.1) is 0 Å². The molecule has 1 aromatic carbocycles. The van der Waals surface area contributed by atoms with Gasteiger partial charge in [0.1, 0.15) is 4.60 Å². The van der Waals surface area contributed by atoms with Gasteiger partial charge in [-0.25, -0.2) is 4.98 Å². The predicted octanol–water partition coefficient (Wildman–Crippen LogP) is 3.83. The minimum Gasteiger partial charge on any atom is -0.308 e. The number of carbonyl (C=O) groups excluding carboxylic acids is 1. The molecular formula is C16H15BrN2O. The second-order valence-electron chi connectivity index (χ2n) is 4.91. The molecule has 1 aliphatic rings. The molecule has 0 bridgehead atoms. The molecule has 0 radical (unpaired) electrons. The normalized spacial score (nSPS) is 14.6. The summed E-state index contributed by atoms with van der Waals surface area (Å²) in [6, 6.07) is 11.8. The number of benzene rings is 1. The molecule has 0 spiro atoms. The van der Waals surface area contributed by atoms with Crippen LogP contribution in [0.3, 0.4) is 0 Å². The standard InChI is InChI=1S/C16H15BrN2O/c17-15-9-8-13(11-18-15)16(20)19-10-4-3-6-12-5-1-2-7-14(12)19/h1-2,5,7-9,11H,3-4,6,10H2. The second-order valence-corrected chi connectivity index (χ2v) is 5.72. The Morgan fingerprint density at radius 2 is 2.00 bits per heavy atom. The van der Waals surface area contributed by atoms with Gasteiger partial charge in [-0.1, -0.05) is 18.2 Å². The van der Waals surface area contributed by atoms with E-state index in [2.05, 4.69) is 27.0 Å². The number of fused-ring (bicyclic) bond motifs is 1. The summed E-state index contributed by atoms with van der Waals surface area (Å²) in [5, 5.41) is 0. The molecule has 0 atom stereocenters. The number of pyridine rings is 1. The van der Waals surface area contributed by atoms with E-state index < -0.39 is 0 Å². The molecule has 0 saturated heterocycles. The van der Waals surface area contributed by atoms with Crippen LogP contribution in [0.25, 0.3) is 0 Å². The number of halogens is 1. The number of aromatic nitrogens is 1. The molecule has 1 aromatic heterocycles. The molecule has 0 saturated carbocycles. The maximum Gasteiger partial charge on any atom is 0.259 e. The van der Waals surface area contributed by atoms with Crippen LogP contribution in [0.1, 0.15) is 28.8 Å². The first-order valence-corrected chi connectivity index (χ1v) is 7.56. The Labute approximate surface area is 126 Å². The van der Waals surface area contributed by atoms with E-state index in [4.69, 9.17) is 0 Å². The van der Waals surface area contributed by atoms with Crippen molar-refractivity contribution in [3.63, 3.8) is 0 Å². The van der Waals surface area contributed by atoms with Crippen molar-refractivity contribution >= 4 is 27.5 Å². The van der Waals surface area contributed by atoms with Crippen molar-refractivity contribution in [3.05, 3.63) is 58.3 Å². The van der Waals surface area contributed by atoms with Gasteiger partial charge in [-0.2, -0.15) is 0 Å². The first-order chi connectivity index (χ1) is 9.75.